The highest BCUT2D eigenvalue weighted by Gasteiger charge is 2.29. The normalized spacial score (nSPS) is 11.2. The van der Waals surface area contributed by atoms with Gasteiger partial charge in [-0.15, -0.1) is 13.2 Å². The lowest BCUT2D eigenvalue weighted by Gasteiger charge is -2.29. The zero-order valence-corrected chi connectivity index (χ0v) is 17.7. The monoisotopic (exact) mass is 386 g/mol. The summed E-state index contributed by atoms with van der Waals surface area (Å²) in [5.41, 5.74) is 1.63. The molecule has 1 aromatic carbocycles. The molecule has 28 heavy (non-hydrogen) atoms. The Bertz CT molecular complexity index is 667. The van der Waals surface area contributed by atoms with Gasteiger partial charge in [0.25, 0.3) is 0 Å². The van der Waals surface area contributed by atoms with Crippen LogP contribution in [0.4, 0.5) is 0 Å². The third-order valence-corrected chi connectivity index (χ3v) is 4.43. The number of ether oxygens (including phenoxy) is 1. The van der Waals surface area contributed by atoms with Gasteiger partial charge in [-0.1, -0.05) is 57.2 Å². The number of hydrogen-bond donors (Lipinski definition) is 0. The predicted octanol–water partition coefficient (Wildman–Crippen LogP) is 3.45. The Morgan fingerprint density at radius 3 is 2.14 bits per heavy atom. The van der Waals surface area contributed by atoms with Crippen molar-refractivity contribution >= 4 is 11.9 Å². The number of rotatable bonds is 11. The van der Waals surface area contributed by atoms with Crippen LogP contribution in [-0.4, -0.2) is 55.0 Å². The summed E-state index contributed by atoms with van der Waals surface area (Å²) in [6.07, 6.45) is 4.61. The molecule has 5 nitrogen and oxygen atoms in total. The number of carbonyl (C=O) groups is 2. The minimum Gasteiger partial charge on any atom is -0.468 e. The maximum absolute atomic E-state index is 12.9. The van der Waals surface area contributed by atoms with Crippen molar-refractivity contribution < 1.29 is 14.3 Å². The molecule has 154 valence electrons. The van der Waals surface area contributed by atoms with E-state index in [-0.39, 0.29) is 12.5 Å². The van der Waals surface area contributed by atoms with E-state index in [1.807, 2.05) is 51.1 Å². The standard InChI is InChI=1S/C23H34N2O3/c1-7-14-24(15-8-2)16-13-19-11-9-10-12-20(19)17-25(18-21(26)28-6)22(27)23(3,4)5/h7-12H,1-2,13-18H2,3-6H3. The minimum absolute atomic E-state index is 0.0556. The van der Waals surface area contributed by atoms with Crippen LogP contribution in [0.5, 0.6) is 0 Å². The molecule has 0 spiro atoms. The zero-order chi connectivity index (χ0) is 21.2. The van der Waals surface area contributed by atoms with Crippen LogP contribution in [0.3, 0.4) is 0 Å². The molecule has 5 heteroatoms. The number of amides is 1. The minimum atomic E-state index is -0.576. The van der Waals surface area contributed by atoms with Crippen molar-refractivity contribution in [2.45, 2.75) is 33.7 Å². The average molecular weight is 387 g/mol. The maximum atomic E-state index is 12.9. The van der Waals surface area contributed by atoms with Crippen LogP contribution in [0, 0.1) is 5.41 Å². The molecule has 0 N–H and O–H groups in total. The van der Waals surface area contributed by atoms with Crippen molar-refractivity contribution in [1.82, 2.24) is 9.80 Å². The Morgan fingerprint density at radius 2 is 1.64 bits per heavy atom. The van der Waals surface area contributed by atoms with Crippen molar-refractivity contribution in [3.05, 3.63) is 60.7 Å². The molecule has 0 aliphatic heterocycles. The highest BCUT2D eigenvalue weighted by atomic mass is 16.5. The van der Waals surface area contributed by atoms with Crippen LogP contribution in [0.1, 0.15) is 31.9 Å². The van der Waals surface area contributed by atoms with Gasteiger partial charge in [-0.3, -0.25) is 14.5 Å². The van der Waals surface area contributed by atoms with Crippen molar-refractivity contribution in [3.63, 3.8) is 0 Å². The Kier molecular flexibility index (Phi) is 9.66. The molecule has 0 radical (unpaired) electrons. The summed E-state index contributed by atoms with van der Waals surface area (Å²) in [5, 5.41) is 0. The molecule has 0 saturated heterocycles. The van der Waals surface area contributed by atoms with E-state index in [1.54, 1.807) is 4.90 Å². The summed E-state index contributed by atoms with van der Waals surface area (Å²) in [6, 6.07) is 8.05. The first kappa shape index (κ1) is 23.6. The van der Waals surface area contributed by atoms with Gasteiger partial charge < -0.3 is 9.64 Å². The third-order valence-electron chi connectivity index (χ3n) is 4.43. The number of hydrogen-bond acceptors (Lipinski definition) is 4. The van der Waals surface area contributed by atoms with Crippen LogP contribution in [0.15, 0.2) is 49.6 Å². The fourth-order valence-corrected chi connectivity index (χ4v) is 2.96. The van der Waals surface area contributed by atoms with Crippen molar-refractivity contribution in [2.24, 2.45) is 5.41 Å². The predicted molar refractivity (Wildman–Crippen MR) is 114 cm³/mol. The molecular formula is C23H34N2O3. The summed E-state index contributed by atoms with van der Waals surface area (Å²) >= 11 is 0. The molecule has 0 atom stereocenters. The van der Waals surface area contributed by atoms with E-state index in [0.29, 0.717) is 6.54 Å². The second-order valence-corrected chi connectivity index (χ2v) is 7.84. The van der Waals surface area contributed by atoms with Crippen LogP contribution in [0.25, 0.3) is 0 Å². The first-order valence-corrected chi connectivity index (χ1v) is 9.60. The second-order valence-electron chi connectivity index (χ2n) is 7.84. The molecule has 0 aliphatic rings. The van der Waals surface area contributed by atoms with Gasteiger partial charge in [-0.25, -0.2) is 0 Å². The smallest absolute Gasteiger partial charge is 0.325 e. The SMILES string of the molecule is C=CCN(CC=C)CCc1ccccc1CN(CC(=O)OC)C(=O)C(C)(C)C. The highest BCUT2D eigenvalue weighted by molar-refractivity contribution is 5.85. The van der Waals surface area contributed by atoms with E-state index < -0.39 is 11.4 Å². The van der Waals surface area contributed by atoms with Gasteiger partial charge in [-0.2, -0.15) is 0 Å². The van der Waals surface area contributed by atoms with E-state index >= 15 is 0 Å². The third kappa shape index (κ3) is 7.69. The van der Waals surface area contributed by atoms with Crippen molar-refractivity contribution in [3.8, 4) is 0 Å². The van der Waals surface area contributed by atoms with E-state index in [4.69, 9.17) is 4.74 Å². The van der Waals surface area contributed by atoms with E-state index in [9.17, 15) is 9.59 Å². The van der Waals surface area contributed by atoms with E-state index in [1.165, 1.54) is 7.11 Å². The fraction of sp³-hybridized carbons (Fsp3) is 0.478. The summed E-state index contributed by atoms with van der Waals surface area (Å²) in [5.74, 6) is -0.495. The molecule has 0 aromatic heterocycles. The summed E-state index contributed by atoms with van der Waals surface area (Å²) in [7, 11) is 1.34. The summed E-state index contributed by atoms with van der Waals surface area (Å²) in [6.45, 7) is 16.0. The number of nitrogens with zero attached hydrogens (tertiary/aromatic N) is 2. The molecule has 0 heterocycles. The number of benzene rings is 1. The number of esters is 1. The van der Waals surface area contributed by atoms with Gasteiger partial charge in [0.1, 0.15) is 6.54 Å². The largest absolute Gasteiger partial charge is 0.468 e. The van der Waals surface area contributed by atoms with Gasteiger partial charge in [0, 0.05) is 31.6 Å². The number of methoxy groups -OCH3 is 1. The molecule has 0 bridgehead atoms. The second kappa shape index (κ2) is 11.4. The Balaban J connectivity index is 3.00. The molecule has 1 amide bonds. The van der Waals surface area contributed by atoms with Gasteiger partial charge in [0.2, 0.25) is 5.91 Å². The lowest BCUT2D eigenvalue weighted by Crippen LogP contribution is -2.42. The lowest BCUT2D eigenvalue weighted by molar-refractivity contribution is -0.150. The Labute approximate surface area is 169 Å². The summed E-state index contributed by atoms with van der Waals surface area (Å²) < 4.78 is 4.79. The molecule has 1 rings (SSSR count). The number of carbonyl (C=O) groups excluding carboxylic acids is 2. The van der Waals surface area contributed by atoms with E-state index in [0.717, 1.165) is 37.2 Å². The molecule has 0 saturated carbocycles. The van der Waals surface area contributed by atoms with Crippen molar-refractivity contribution in [2.75, 3.05) is 33.3 Å². The first-order chi connectivity index (χ1) is 13.2. The first-order valence-electron chi connectivity index (χ1n) is 9.60. The topological polar surface area (TPSA) is 49.9 Å². The summed E-state index contributed by atoms with van der Waals surface area (Å²) in [4.78, 5) is 28.5. The zero-order valence-electron chi connectivity index (χ0n) is 17.7. The molecule has 0 aliphatic carbocycles. The Hall–Kier alpha value is -2.40. The average Bonchev–Trinajstić information content (AvgIpc) is 2.65. The van der Waals surface area contributed by atoms with Gasteiger partial charge >= 0.3 is 5.97 Å². The highest BCUT2D eigenvalue weighted by Crippen LogP contribution is 2.21. The van der Waals surface area contributed by atoms with Gasteiger partial charge in [0.15, 0.2) is 0 Å². The van der Waals surface area contributed by atoms with Crippen LogP contribution < -0.4 is 0 Å². The van der Waals surface area contributed by atoms with Gasteiger partial charge in [-0.05, 0) is 17.5 Å². The van der Waals surface area contributed by atoms with Gasteiger partial charge in [0.05, 0.1) is 7.11 Å². The molecule has 1 aromatic rings. The molecule has 0 fully saturated rings. The quantitative estimate of drug-likeness (QED) is 0.432. The molecular weight excluding hydrogens is 352 g/mol. The lowest BCUT2D eigenvalue weighted by atomic mass is 9.94. The van der Waals surface area contributed by atoms with Crippen LogP contribution >= 0.6 is 0 Å². The molecule has 0 unspecified atom stereocenters. The van der Waals surface area contributed by atoms with Crippen molar-refractivity contribution in [1.29, 1.82) is 0 Å². The van der Waals surface area contributed by atoms with E-state index in [2.05, 4.69) is 24.1 Å². The van der Waals surface area contributed by atoms with Crippen LogP contribution in [0.2, 0.25) is 0 Å². The maximum Gasteiger partial charge on any atom is 0.325 e. The van der Waals surface area contributed by atoms with Crippen LogP contribution in [-0.2, 0) is 27.3 Å². The Morgan fingerprint density at radius 1 is 1.07 bits per heavy atom. The fourth-order valence-electron chi connectivity index (χ4n) is 2.96.